The number of methoxy groups -OCH3 is 1. The molecular formula is C23H19NO4S. The van der Waals surface area contributed by atoms with Gasteiger partial charge >= 0.3 is 5.97 Å². The average molecular weight is 405 g/mol. The normalized spacial score (nSPS) is 12.0. The highest BCUT2D eigenvalue weighted by atomic mass is 32.2. The summed E-state index contributed by atoms with van der Waals surface area (Å²) in [7, 11) is 0.161. The molecule has 0 aliphatic heterocycles. The molecule has 0 aliphatic carbocycles. The highest BCUT2D eigenvalue weighted by molar-refractivity contribution is 7.83. The fourth-order valence-electron chi connectivity index (χ4n) is 3.35. The van der Waals surface area contributed by atoms with Crippen LogP contribution in [0, 0.1) is 0 Å². The van der Waals surface area contributed by atoms with E-state index in [0.29, 0.717) is 10.6 Å². The van der Waals surface area contributed by atoms with Crippen LogP contribution in [0.2, 0.25) is 0 Å². The number of carboxylic acids is 1. The van der Waals surface area contributed by atoms with Gasteiger partial charge in [0.15, 0.2) is 11.0 Å². The smallest absolute Gasteiger partial charge is 0.307 e. The molecule has 1 atom stereocenters. The van der Waals surface area contributed by atoms with Crippen molar-refractivity contribution in [1.82, 2.24) is 3.97 Å². The molecule has 0 amide bonds. The van der Waals surface area contributed by atoms with Gasteiger partial charge in [0.05, 0.1) is 23.9 Å². The second kappa shape index (κ2) is 7.93. The van der Waals surface area contributed by atoms with E-state index < -0.39 is 17.0 Å². The molecule has 146 valence electrons. The lowest BCUT2D eigenvalue weighted by Gasteiger charge is -2.06. The number of ether oxygens (including phenoxy) is 1. The first-order valence-corrected chi connectivity index (χ1v) is 10.1. The number of carboxylic acid groups (broad SMARTS) is 1. The van der Waals surface area contributed by atoms with Crippen LogP contribution in [-0.4, -0.2) is 26.4 Å². The minimum atomic E-state index is -1.43. The van der Waals surface area contributed by atoms with Crippen LogP contribution < -0.4 is 4.74 Å². The van der Waals surface area contributed by atoms with E-state index in [9.17, 15) is 9.00 Å². The van der Waals surface area contributed by atoms with E-state index in [0.717, 1.165) is 27.6 Å². The van der Waals surface area contributed by atoms with Crippen molar-refractivity contribution < 1.29 is 18.8 Å². The van der Waals surface area contributed by atoms with Crippen LogP contribution in [0.15, 0.2) is 83.9 Å². The van der Waals surface area contributed by atoms with Crippen molar-refractivity contribution in [1.29, 1.82) is 0 Å². The summed E-state index contributed by atoms with van der Waals surface area (Å²) in [5.74, 6) is -0.163. The Balaban J connectivity index is 1.81. The number of hydrogen-bond donors (Lipinski definition) is 1. The number of para-hydroxylation sites is 1. The van der Waals surface area contributed by atoms with Gasteiger partial charge in [0.1, 0.15) is 5.75 Å². The minimum absolute atomic E-state index is 0.0374. The molecule has 0 fully saturated rings. The lowest BCUT2D eigenvalue weighted by atomic mass is 10.0. The maximum absolute atomic E-state index is 13.3. The first-order chi connectivity index (χ1) is 14.1. The molecule has 0 saturated carbocycles. The largest absolute Gasteiger partial charge is 0.497 e. The fourth-order valence-corrected chi connectivity index (χ4v) is 4.48. The van der Waals surface area contributed by atoms with Crippen LogP contribution in [0.25, 0.3) is 22.0 Å². The second-order valence-electron chi connectivity index (χ2n) is 6.58. The van der Waals surface area contributed by atoms with Gasteiger partial charge in [0.25, 0.3) is 0 Å². The summed E-state index contributed by atoms with van der Waals surface area (Å²) in [6.45, 7) is 0. The minimum Gasteiger partial charge on any atom is -0.497 e. The number of fused-ring (bicyclic) bond motifs is 1. The molecule has 5 nitrogen and oxygen atoms in total. The van der Waals surface area contributed by atoms with E-state index in [1.165, 1.54) is 0 Å². The van der Waals surface area contributed by atoms with Gasteiger partial charge in [0, 0.05) is 17.1 Å². The number of aromatic nitrogens is 1. The van der Waals surface area contributed by atoms with Gasteiger partial charge in [0.2, 0.25) is 0 Å². The first kappa shape index (κ1) is 19.0. The molecule has 0 aliphatic rings. The Hall–Kier alpha value is -3.38. The van der Waals surface area contributed by atoms with E-state index in [1.54, 1.807) is 41.4 Å². The van der Waals surface area contributed by atoms with Gasteiger partial charge in [-0.15, -0.1) is 0 Å². The SMILES string of the molecule is COc1ccc(S(=O)n2cc(-c3cccc(CC(=O)O)c3)c3ccccc32)cc1. The Morgan fingerprint density at radius 2 is 1.79 bits per heavy atom. The Morgan fingerprint density at radius 1 is 1.03 bits per heavy atom. The maximum Gasteiger partial charge on any atom is 0.307 e. The maximum atomic E-state index is 13.3. The first-order valence-electron chi connectivity index (χ1n) is 9.04. The fraction of sp³-hybridized carbons (Fsp3) is 0.0870. The van der Waals surface area contributed by atoms with Gasteiger partial charge in [-0.1, -0.05) is 42.5 Å². The highest BCUT2D eigenvalue weighted by Gasteiger charge is 2.16. The van der Waals surface area contributed by atoms with E-state index in [2.05, 4.69) is 0 Å². The zero-order chi connectivity index (χ0) is 20.4. The number of carbonyl (C=O) groups is 1. The van der Waals surface area contributed by atoms with Gasteiger partial charge < -0.3 is 9.84 Å². The number of rotatable bonds is 6. The summed E-state index contributed by atoms with van der Waals surface area (Å²) in [5, 5.41) is 10.0. The lowest BCUT2D eigenvalue weighted by Crippen LogP contribution is -2.03. The molecule has 1 heterocycles. The zero-order valence-corrected chi connectivity index (χ0v) is 16.6. The van der Waals surface area contributed by atoms with Crippen LogP contribution in [0.1, 0.15) is 5.56 Å². The Labute approximate surface area is 170 Å². The van der Waals surface area contributed by atoms with Crippen molar-refractivity contribution in [3.05, 3.63) is 84.6 Å². The molecule has 0 spiro atoms. The van der Waals surface area contributed by atoms with E-state index >= 15 is 0 Å². The summed E-state index contributed by atoms with van der Waals surface area (Å²) < 4.78 is 20.2. The van der Waals surface area contributed by atoms with Crippen LogP contribution in [0.5, 0.6) is 5.75 Å². The highest BCUT2D eigenvalue weighted by Crippen LogP contribution is 2.32. The number of nitrogens with zero attached hydrogens (tertiary/aromatic N) is 1. The number of benzene rings is 3. The van der Waals surface area contributed by atoms with Crippen LogP contribution >= 0.6 is 0 Å². The van der Waals surface area contributed by atoms with Crippen LogP contribution in [-0.2, 0) is 22.2 Å². The van der Waals surface area contributed by atoms with Crippen molar-refractivity contribution in [3.63, 3.8) is 0 Å². The number of aliphatic carboxylic acids is 1. The topological polar surface area (TPSA) is 68.5 Å². The second-order valence-corrected chi connectivity index (χ2v) is 7.94. The van der Waals surface area contributed by atoms with Crippen molar-refractivity contribution in [2.45, 2.75) is 11.3 Å². The monoisotopic (exact) mass is 405 g/mol. The average Bonchev–Trinajstić information content (AvgIpc) is 3.13. The third kappa shape index (κ3) is 3.79. The van der Waals surface area contributed by atoms with Gasteiger partial charge in [-0.3, -0.25) is 8.77 Å². The van der Waals surface area contributed by atoms with Crippen LogP contribution in [0.4, 0.5) is 0 Å². The summed E-state index contributed by atoms with van der Waals surface area (Å²) >= 11 is 0. The molecule has 1 unspecified atom stereocenters. The molecule has 0 saturated heterocycles. The quantitative estimate of drug-likeness (QED) is 0.512. The molecule has 1 aromatic heterocycles. The molecule has 1 N–H and O–H groups in total. The molecule has 0 radical (unpaired) electrons. The van der Waals surface area contributed by atoms with Gasteiger partial charge in [-0.2, -0.15) is 0 Å². The van der Waals surface area contributed by atoms with Crippen molar-refractivity contribution in [2.24, 2.45) is 0 Å². The van der Waals surface area contributed by atoms with Crippen molar-refractivity contribution in [2.75, 3.05) is 7.11 Å². The molecule has 4 aromatic rings. The lowest BCUT2D eigenvalue weighted by molar-refractivity contribution is -0.136. The molecule has 3 aromatic carbocycles. The molecule has 0 bridgehead atoms. The van der Waals surface area contributed by atoms with Gasteiger partial charge in [-0.05, 0) is 41.5 Å². The van der Waals surface area contributed by atoms with E-state index in [-0.39, 0.29) is 6.42 Å². The predicted molar refractivity (Wildman–Crippen MR) is 114 cm³/mol. The zero-order valence-electron chi connectivity index (χ0n) is 15.7. The Bertz CT molecular complexity index is 1210. The third-order valence-electron chi connectivity index (χ3n) is 4.71. The number of hydrogen-bond acceptors (Lipinski definition) is 3. The van der Waals surface area contributed by atoms with E-state index in [4.69, 9.17) is 9.84 Å². The third-order valence-corrected chi connectivity index (χ3v) is 6.05. The summed E-state index contributed by atoms with van der Waals surface area (Å²) in [4.78, 5) is 11.7. The van der Waals surface area contributed by atoms with Crippen molar-refractivity contribution >= 4 is 27.9 Å². The molecular weight excluding hydrogens is 386 g/mol. The Morgan fingerprint density at radius 3 is 2.52 bits per heavy atom. The summed E-state index contributed by atoms with van der Waals surface area (Å²) in [6.07, 6.45) is 1.83. The summed E-state index contributed by atoms with van der Waals surface area (Å²) in [5.41, 5.74) is 3.38. The van der Waals surface area contributed by atoms with Crippen molar-refractivity contribution in [3.8, 4) is 16.9 Å². The molecule has 6 heteroatoms. The molecule has 4 rings (SSSR count). The molecule has 29 heavy (non-hydrogen) atoms. The predicted octanol–water partition coefficient (Wildman–Crippen LogP) is 4.51. The standard InChI is InChI=1S/C23H19NO4S/c1-28-18-9-11-19(12-10-18)29(27)24-15-21(20-7-2-3-8-22(20)24)17-6-4-5-16(13-17)14-23(25)26/h2-13,15H,14H2,1H3,(H,25,26). The van der Waals surface area contributed by atoms with E-state index in [1.807, 2.05) is 48.7 Å². The van der Waals surface area contributed by atoms with Gasteiger partial charge in [-0.25, -0.2) is 4.21 Å². The summed E-state index contributed by atoms with van der Waals surface area (Å²) in [6, 6.07) is 22.4. The van der Waals surface area contributed by atoms with Crippen LogP contribution in [0.3, 0.4) is 0 Å². The Kier molecular flexibility index (Phi) is 5.18.